The van der Waals surface area contributed by atoms with Gasteiger partial charge in [0, 0.05) is 19.6 Å². The Hall–Kier alpha value is -1.60. The molecule has 1 aromatic rings. The van der Waals surface area contributed by atoms with Crippen LogP contribution in [0.4, 0.5) is 0 Å². The molecule has 0 radical (unpaired) electrons. The standard InChI is InChI=1S/C15H22N2O4S/c1-3-16-22(19,20)12-7-8-14(21-2)13(11-12)15(18)17-9-5-4-6-10-17/h7-8,11,16H,3-6,9-10H2,1-2H3. The molecule has 0 aromatic heterocycles. The first-order valence-electron chi connectivity index (χ1n) is 7.46. The van der Waals surface area contributed by atoms with Gasteiger partial charge in [0.05, 0.1) is 17.6 Å². The second kappa shape index (κ2) is 7.11. The van der Waals surface area contributed by atoms with Crippen molar-refractivity contribution in [3.63, 3.8) is 0 Å². The van der Waals surface area contributed by atoms with Gasteiger partial charge in [-0.2, -0.15) is 0 Å². The SMILES string of the molecule is CCNS(=O)(=O)c1ccc(OC)c(C(=O)N2CCCCC2)c1. The number of hydrogen-bond acceptors (Lipinski definition) is 4. The van der Waals surface area contributed by atoms with Gasteiger partial charge in [-0.1, -0.05) is 6.92 Å². The number of amides is 1. The lowest BCUT2D eigenvalue weighted by molar-refractivity contribution is 0.0720. The Balaban J connectivity index is 2.38. The second-order valence-electron chi connectivity index (χ2n) is 5.22. The summed E-state index contributed by atoms with van der Waals surface area (Å²) in [6, 6.07) is 4.37. The lowest BCUT2D eigenvalue weighted by Crippen LogP contribution is -2.36. The van der Waals surface area contributed by atoms with E-state index < -0.39 is 10.0 Å². The summed E-state index contributed by atoms with van der Waals surface area (Å²) in [4.78, 5) is 14.5. The van der Waals surface area contributed by atoms with Gasteiger partial charge in [0.2, 0.25) is 10.0 Å². The maximum atomic E-state index is 12.6. The molecule has 1 aromatic carbocycles. The van der Waals surface area contributed by atoms with Crippen LogP contribution < -0.4 is 9.46 Å². The number of hydrogen-bond donors (Lipinski definition) is 1. The molecule has 2 rings (SSSR count). The van der Waals surface area contributed by atoms with Crippen LogP contribution in [0.3, 0.4) is 0 Å². The summed E-state index contributed by atoms with van der Waals surface area (Å²) < 4.78 is 31.9. The van der Waals surface area contributed by atoms with Crippen LogP contribution in [0, 0.1) is 0 Å². The van der Waals surface area contributed by atoms with Crippen molar-refractivity contribution in [3.8, 4) is 5.75 Å². The second-order valence-corrected chi connectivity index (χ2v) is 6.98. The average molecular weight is 326 g/mol. The molecule has 1 amide bonds. The highest BCUT2D eigenvalue weighted by Gasteiger charge is 2.24. The van der Waals surface area contributed by atoms with E-state index in [2.05, 4.69) is 4.72 Å². The molecule has 0 atom stereocenters. The number of likely N-dealkylation sites (tertiary alicyclic amines) is 1. The minimum atomic E-state index is -3.60. The Bertz CT molecular complexity index is 637. The molecular formula is C15H22N2O4S. The van der Waals surface area contributed by atoms with E-state index in [4.69, 9.17) is 4.74 Å². The smallest absolute Gasteiger partial charge is 0.257 e. The van der Waals surface area contributed by atoms with E-state index >= 15 is 0 Å². The van der Waals surface area contributed by atoms with Crippen LogP contribution in [-0.4, -0.2) is 46.0 Å². The zero-order valence-electron chi connectivity index (χ0n) is 13.0. The predicted molar refractivity (Wildman–Crippen MR) is 83.6 cm³/mol. The van der Waals surface area contributed by atoms with Gasteiger partial charge >= 0.3 is 0 Å². The van der Waals surface area contributed by atoms with Gasteiger partial charge in [0.15, 0.2) is 0 Å². The normalized spacial score (nSPS) is 15.6. The Morgan fingerprint density at radius 2 is 1.95 bits per heavy atom. The van der Waals surface area contributed by atoms with E-state index in [-0.39, 0.29) is 10.8 Å². The maximum absolute atomic E-state index is 12.6. The van der Waals surface area contributed by atoms with Gasteiger partial charge in [-0.05, 0) is 37.5 Å². The molecule has 1 heterocycles. The van der Waals surface area contributed by atoms with Crippen molar-refractivity contribution in [3.05, 3.63) is 23.8 Å². The van der Waals surface area contributed by atoms with Crippen molar-refractivity contribution in [1.29, 1.82) is 0 Å². The molecule has 1 aliphatic heterocycles. The van der Waals surface area contributed by atoms with Crippen molar-refractivity contribution in [2.24, 2.45) is 0 Å². The number of nitrogens with one attached hydrogen (secondary N) is 1. The quantitative estimate of drug-likeness (QED) is 0.892. The molecule has 0 aliphatic carbocycles. The highest BCUT2D eigenvalue weighted by Crippen LogP contribution is 2.25. The highest BCUT2D eigenvalue weighted by atomic mass is 32.2. The van der Waals surface area contributed by atoms with Crippen LogP contribution in [0.5, 0.6) is 5.75 Å². The number of methoxy groups -OCH3 is 1. The number of benzene rings is 1. The molecular weight excluding hydrogens is 304 g/mol. The zero-order chi connectivity index (χ0) is 16.2. The highest BCUT2D eigenvalue weighted by molar-refractivity contribution is 7.89. The third-order valence-electron chi connectivity index (χ3n) is 3.69. The van der Waals surface area contributed by atoms with Gasteiger partial charge in [0.1, 0.15) is 5.75 Å². The summed E-state index contributed by atoms with van der Waals surface area (Å²) in [5.41, 5.74) is 0.295. The lowest BCUT2D eigenvalue weighted by Gasteiger charge is -2.27. The monoisotopic (exact) mass is 326 g/mol. The molecule has 22 heavy (non-hydrogen) atoms. The number of carbonyl (C=O) groups excluding carboxylic acids is 1. The topological polar surface area (TPSA) is 75.7 Å². The van der Waals surface area contributed by atoms with Gasteiger partial charge in [-0.25, -0.2) is 13.1 Å². The number of nitrogens with zero attached hydrogens (tertiary/aromatic N) is 1. The van der Waals surface area contributed by atoms with Crippen molar-refractivity contribution in [2.45, 2.75) is 31.1 Å². The summed E-state index contributed by atoms with van der Waals surface area (Å²) in [6.07, 6.45) is 3.07. The zero-order valence-corrected chi connectivity index (χ0v) is 13.8. The molecule has 7 heteroatoms. The van der Waals surface area contributed by atoms with Gasteiger partial charge in [-0.3, -0.25) is 4.79 Å². The van der Waals surface area contributed by atoms with E-state index in [9.17, 15) is 13.2 Å². The van der Waals surface area contributed by atoms with Crippen molar-refractivity contribution < 1.29 is 17.9 Å². The Morgan fingerprint density at radius 3 is 2.55 bits per heavy atom. The van der Waals surface area contributed by atoms with Gasteiger partial charge < -0.3 is 9.64 Å². The van der Waals surface area contributed by atoms with E-state index in [1.807, 2.05) is 0 Å². The fourth-order valence-electron chi connectivity index (χ4n) is 2.56. The Labute approximate surface area is 131 Å². The number of rotatable bonds is 5. The summed E-state index contributed by atoms with van der Waals surface area (Å²) >= 11 is 0. The fourth-order valence-corrected chi connectivity index (χ4v) is 3.63. The Morgan fingerprint density at radius 1 is 1.27 bits per heavy atom. The molecule has 0 spiro atoms. The third-order valence-corrected chi connectivity index (χ3v) is 5.23. The van der Waals surface area contributed by atoms with Crippen molar-refractivity contribution in [1.82, 2.24) is 9.62 Å². The number of sulfonamides is 1. The summed E-state index contributed by atoms with van der Waals surface area (Å²) in [7, 11) is -2.13. The first-order valence-corrected chi connectivity index (χ1v) is 8.95. The molecule has 0 bridgehead atoms. The van der Waals surface area contributed by atoms with E-state index in [0.717, 1.165) is 19.3 Å². The minimum absolute atomic E-state index is 0.0792. The summed E-state index contributed by atoms with van der Waals surface area (Å²) in [5.74, 6) is 0.219. The van der Waals surface area contributed by atoms with Gasteiger partial charge in [0.25, 0.3) is 5.91 Å². The largest absolute Gasteiger partial charge is 0.496 e. The molecule has 0 unspecified atom stereocenters. The van der Waals surface area contributed by atoms with Crippen LogP contribution in [0.2, 0.25) is 0 Å². The first kappa shape index (κ1) is 16.8. The number of piperidine rings is 1. The first-order chi connectivity index (χ1) is 10.5. The van der Waals surface area contributed by atoms with Crippen LogP contribution in [0.25, 0.3) is 0 Å². The van der Waals surface area contributed by atoms with Crippen LogP contribution in [0.1, 0.15) is 36.5 Å². The lowest BCUT2D eigenvalue weighted by atomic mass is 10.1. The van der Waals surface area contributed by atoms with E-state index in [1.54, 1.807) is 11.8 Å². The minimum Gasteiger partial charge on any atom is -0.496 e. The predicted octanol–water partition coefficient (Wildman–Crippen LogP) is 1.62. The van der Waals surface area contributed by atoms with Crippen molar-refractivity contribution >= 4 is 15.9 Å². The maximum Gasteiger partial charge on any atom is 0.257 e. The third kappa shape index (κ3) is 3.59. The average Bonchev–Trinajstić information content (AvgIpc) is 2.54. The molecule has 1 N–H and O–H groups in total. The number of ether oxygens (including phenoxy) is 1. The van der Waals surface area contributed by atoms with Crippen LogP contribution in [0.15, 0.2) is 23.1 Å². The van der Waals surface area contributed by atoms with Crippen molar-refractivity contribution in [2.75, 3.05) is 26.7 Å². The summed E-state index contributed by atoms with van der Waals surface area (Å²) in [5, 5.41) is 0. The molecule has 1 aliphatic rings. The van der Waals surface area contributed by atoms with E-state index in [0.29, 0.717) is 30.9 Å². The number of carbonyl (C=O) groups is 1. The Kier molecular flexibility index (Phi) is 5.42. The van der Waals surface area contributed by atoms with Gasteiger partial charge in [-0.15, -0.1) is 0 Å². The molecule has 122 valence electrons. The molecule has 6 nitrogen and oxygen atoms in total. The fraction of sp³-hybridized carbons (Fsp3) is 0.533. The van der Waals surface area contributed by atoms with Crippen LogP contribution in [-0.2, 0) is 10.0 Å². The molecule has 1 saturated heterocycles. The van der Waals surface area contributed by atoms with E-state index in [1.165, 1.54) is 25.3 Å². The molecule has 1 fully saturated rings. The summed E-state index contributed by atoms with van der Waals surface area (Å²) in [6.45, 7) is 3.41. The van der Waals surface area contributed by atoms with Crippen LogP contribution >= 0.6 is 0 Å². The molecule has 0 saturated carbocycles.